The number of ether oxygens (including phenoxy) is 2. The van der Waals surface area contributed by atoms with Gasteiger partial charge in [-0.05, 0) is 19.3 Å². The smallest absolute Gasteiger partial charge is 0.114 e. The standard InChI is InChI=1S/C15H28O5/c1-2-3-4-5-6-7-8-9-19-15-12(17)11-20-13(10-16)14(15)18/h5-6,12-18H,2-4,7-11H2,1H3/b6-5+/t12-,13+,14+,15+/m1/s1. The molecule has 1 saturated heterocycles. The van der Waals surface area contributed by atoms with E-state index in [4.69, 9.17) is 14.6 Å². The molecule has 0 amide bonds. The van der Waals surface area contributed by atoms with Crippen LogP contribution in [-0.4, -0.2) is 59.6 Å². The molecule has 3 N–H and O–H groups in total. The van der Waals surface area contributed by atoms with Gasteiger partial charge in [-0.3, -0.25) is 0 Å². The number of aliphatic hydroxyl groups excluding tert-OH is 3. The van der Waals surface area contributed by atoms with E-state index in [-0.39, 0.29) is 13.2 Å². The topological polar surface area (TPSA) is 79.2 Å². The van der Waals surface area contributed by atoms with Gasteiger partial charge >= 0.3 is 0 Å². The summed E-state index contributed by atoms with van der Waals surface area (Å²) in [6.07, 6.45) is 6.49. The van der Waals surface area contributed by atoms with Gasteiger partial charge in [0, 0.05) is 6.61 Å². The second-order valence-corrected chi connectivity index (χ2v) is 5.20. The average molecular weight is 288 g/mol. The molecule has 0 saturated carbocycles. The first-order valence-corrected chi connectivity index (χ1v) is 7.55. The first-order valence-electron chi connectivity index (χ1n) is 7.55. The Hall–Kier alpha value is -0.460. The molecule has 1 fully saturated rings. The molecule has 0 aromatic rings. The number of allylic oxidation sites excluding steroid dienone is 2. The minimum atomic E-state index is -0.983. The lowest BCUT2D eigenvalue weighted by Gasteiger charge is -2.37. The molecule has 1 heterocycles. The second kappa shape index (κ2) is 10.3. The highest BCUT2D eigenvalue weighted by Gasteiger charge is 2.38. The summed E-state index contributed by atoms with van der Waals surface area (Å²) >= 11 is 0. The van der Waals surface area contributed by atoms with Crippen molar-refractivity contribution in [3.05, 3.63) is 12.2 Å². The Morgan fingerprint density at radius 3 is 2.55 bits per heavy atom. The Balaban J connectivity index is 2.17. The summed E-state index contributed by atoms with van der Waals surface area (Å²) in [6, 6.07) is 0. The Bertz CT molecular complexity index is 269. The zero-order valence-corrected chi connectivity index (χ0v) is 12.3. The van der Waals surface area contributed by atoms with Gasteiger partial charge in [0.1, 0.15) is 24.4 Å². The first kappa shape index (κ1) is 17.6. The van der Waals surface area contributed by atoms with Gasteiger partial charge in [-0.15, -0.1) is 0 Å². The van der Waals surface area contributed by atoms with Gasteiger partial charge in [0.05, 0.1) is 13.2 Å². The van der Waals surface area contributed by atoms with E-state index in [1.54, 1.807) is 0 Å². The maximum absolute atomic E-state index is 9.91. The fraction of sp³-hybridized carbons (Fsp3) is 0.867. The molecule has 0 unspecified atom stereocenters. The zero-order valence-electron chi connectivity index (χ0n) is 12.3. The van der Waals surface area contributed by atoms with E-state index in [2.05, 4.69) is 19.1 Å². The molecule has 0 radical (unpaired) electrons. The summed E-state index contributed by atoms with van der Waals surface area (Å²) < 4.78 is 10.7. The van der Waals surface area contributed by atoms with Gasteiger partial charge in [0.15, 0.2) is 0 Å². The van der Waals surface area contributed by atoms with E-state index in [0.717, 1.165) is 19.3 Å². The zero-order chi connectivity index (χ0) is 14.8. The Labute approximate surface area is 121 Å². The monoisotopic (exact) mass is 288 g/mol. The normalized spacial score (nSPS) is 31.0. The van der Waals surface area contributed by atoms with E-state index >= 15 is 0 Å². The number of unbranched alkanes of at least 4 members (excludes halogenated alkanes) is 3. The molecule has 4 atom stereocenters. The molecule has 20 heavy (non-hydrogen) atoms. The van der Waals surface area contributed by atoms with Crippen molar-refractivity contribution in [3.8, 4) is 0 Å². The van der Waals surface area contributed by atoms with E-state index in [0.29, 0.717) is 6.61 Å². The summed E-state index contributed by atoms with van der Waals surface area (Å²) in [4.78, 5) is 0. The summed E-state index contributed by atoms with van der Waals surface area (Å²) in [5.41, 5.74) is 0. The van der Waals surface area contributed by atoms with Crippen LogP contribution in [0.25, 0.3) is 0 Å². The maximum Gasteiger partial charge on any atom is 0.114 e. The molecule has 1 aliphatic heterocycles. The Morgan fingerprint density at radius 2 is 1.90 bits per heavy atom. The second-order valence-electron chi connectivity index (χ2n) is 5.20. The predicted octanol–water partition coefficient (Wildman–Crippen LogP) is 1.01. The van der Waals surface area contributed by atoms with Gasteiger partial charge in [0.25, 0.3) is 0 Å². The lowest BCUT2D eigenvalue weighted by molar-refractivity contribution is -0.210. The van der Waals surface area contributed by atoms with E-state index in [9.17, 15) is 10.2 Å². The van der Waals surface area contributed by atoms with Crippen LogP contribution < -0.4 is 0 Å². The minimum absolute atomic E-state index is 0.0872. The van der Waals surface area contributed by atoms with Crippen molar-refractivity contribution >= 4 is 0 Å². The van der Waals surface area contributed by atoms with Crippen LogP contribution >= 0.6 is 0 Å². The molecule has 0 spiro atoms. The molecule has 1 aliphatic rings. The Morgan fingerprint density at radius 1 is 1.20 bits per heavy atom. The largest absolute Gasteiger partial charge is 0.394 e. The first-order chi connectivity index (χ1) is 9.70. The van der Waals surface area contributed by atoms with Crippen molar-refractivity contribution in [3.63, 3.8) is 0 Å². The third-order valence-corrected chi connectivity index (χ3v) is 3.47. The average Bonchev–Trinajstić information content (AvgIpc) is 2.45. The quantitative estimate of drug-likeness (QED) is 0.436. The molecule has 0 aliphatic carbocycles. The number of rotatable bonds is 9. The molecule has 0 aromatic heterocycles. The van der Waals surface area contributed by atoms with Gasteiger partial charge in [-0.1, -0.05) is 31.9 Å². The SMILES string of the molecule is CCCC/C=C/CCCO[C@@H]1[C@@H](O)[C@H](CO)OC[C@H]1O. The lowest BCUT2D eigenvalue weighted by atomic mass is 10.0. The van der Waals surface area contributed by atoms with Gasteiger partial charge in [-0.25, -0.2) is 0 Å². The van der Waals surface area contributed by atoms with Crippen LogP contribution in [0.3, 0.4) is 0 Å². The fourth-order valence-corrected chi connectivity index (χ4v) is 2.20. The van der Waals surface area contributed by atoms with Crippen LogP contribution in [0, 0.1) is 0 Å². The summed E-state index contributed by atoms with van der Waals surface area (Å²) in [7, 11) is 0. The highest BCUT2D eigenvalue weighted by Crippen LogP contribution is 2.18. The van der Waals surface area contributed by atoms with Crippen molar-refractivity contribution in [2.24, 2.45) is 0 Å². The van der Waals surface area contributed by atoms with Crippen molar-refractivity contribution in [2.45, 2.75) is 63.4 Å². The van der Waals surface area contributed by atoms with Gasteiger partial charge < -0.3 is 24.8 Å². The molecular formula is C15H28O5. The minimum Gasteiger partial charge on any atom is -0.394 e. The summed E-state index contributed by atoms with van der Waals surface area (Å²) in [5.74, 6) is 0. The number of hydrogen-bond acceptors (Lipinski definition) is 5. The van der Waals surface area contributed by atoms with Gasteiger partial charge in [-0.2, -0.15) is 0 Å². The van der Waals surface area contributed by atoms with Crippen molar-refractivity contribution < 1.29 is 24.8 Å². The Kier molecular flexibility index (Phi) is 9.05. The van der Waals surface area contributed by atoms with Crippen molar-refractivity contribution in [1.82, 2.24) is 0 Å². The summed E-state index contributed by atoms with van der Waals surface area (Å²) in [5, 5.41) is 28.7. The number of aliphatic hydroxyl groups is 3. The van der Waals surface area contributed by atoms with Crippen LogP contribution in [0.5, 0.6) is 0 Å². The molecule has 118 valence electrons. The van der Waals surface area contributed by atoms with Gasteiger partial charge in [0.2, 0.25) is 0 Å². The third kappa shape index (κ3) is 5.89. The highest BCUT2D eigenvalue weighted by atomic mass is 16.6. The lowest BCUT2D eigenvalue weighted by Crippen LogP contribution is -2.55. The molecular weight excluding hydrogens is 260 g/mol. The molecule has 0 aromatic carbocycles. The molecule has 1 rings (SSSR count). The summed E-state index contributed by atoms with van der Waals surface area (Å²) in [6.45, 7) is 2.47. The predicted molar refractivity (Wildman–Crippen MR) is 76.5 cm³/mol. The van der Waals surface area contributed by atoms with Crippen LogP contribution in [0.15, 0.2) is 12.2 Å². The van der Waals surface area contributed by atoms with E-state index < -0.39 is 24.4 Å². The van der Waals surface area contributed by atoms with Crippen LogP contribution in [0.4, 0.5) is 0 Å². The van der Waals surface area contributed by atoms with E-state index in [1.165, 1.54) is 12.8 Å². The number of hydrogen-bond donors (Lipinski definition) is 3. The van der Waals surface area contributed by atoms with Crippen LogP contribution in [0.1, 0.15) is 39.0 Å². The van der Waals surface area contributed by atoms with E-state index in [1.807, 2.05) is 0 Å². The van der Waals surface area contributed by atoms with Crippen LogP contribution in [-0.2, 0) is 9.47 Å². The maximum atomic E-state index is 9.91. The molecule has 5 heteroatoms. The fourth-order valence-electron chi connectivity index (χ4n) is 2.20. The highest BCUT2D eigenvalue weighted by molar-refractivity contribution is 4.88. The van der Waals surface area contributed by atoms with Crippen molar-refractivity contribution in [1.29, 1.82) is 0 Å². The molecule has 0 bridgehead atoms. The van der Waals surface area contributed by atoms with Crippen LogP contribution in [0.2, 0.25) is 0 Å². The third-order valence-electron chi connectivity index (χ3n) is 3.47. The van der Waals surface area contributed by atoms with Crippen molar-refractivity contribution in [2.75, 3.05) is 19.8 Å². The molecule has 5 nitrogen and oxygen atoms in total.